The zero-order valence-electron chi connectivity index (χ0n) is 17.2. The summed E-state index contributed by atoms with van der Waals surface area (Å²) < 4.78 is 11.5. The van der Waals surface area contributed by atoms with E-state index in [-0.39, 0.29) is 5.91 Å². The van der Waals surface area contributed by atoms with Crippen molar-refractivity contribution in [1.82, 2.24) is 9.88 Å². The molecular weight excluding hydrogens is 366 g/mol. The number of carbonyl (C=O) groups is 1. The predicted molar refractivity (Wildman–Crippen MR) is 112 cm³/mol. The number of nitrogens with one attached hydrogen (secondary N) is 1. The number of amides is 1. The summed E-state index contributed by atoms with van der Waals surface area (Å²) in [7, 11) is 0. The van der Waals surface area contributed by atoms with Crippen LogP contribution in [0.4, 0.5) is 11.4 Å². The van der Waals surface area contributed by atoms with Crippen molar-refractivity contribution in [2.45, 2.75) is 45.3 Å². The first-order chi connectivity index (χ1) is 14.1. The van der Waals surface area contributed by atoms with Crippen LogP contribution in [-0.2, 0) is 22.3 Å². The van der Waals surface area contributed by atoms with Gasteiger partial charge in [0.2, 0.25) is 0 Å². The Labute approximate surface area is 172 Å². The van der Waals surface area contributed by atoms with Gasteiger partial charge in [-0.25, -0.2) is 0 Å². The zero-order chi connectivity index (χ0) is 20.3. The van der Waals surface area contributed by atoms with Crippen molar-refractivity contribution in [1.29, 1.82) is 0 Å². The minimum atomic E-state index is -0.473. The van der Waals surface area contributed by atoms with E-state index >= 15 is 0 Å². The fourth-order valence-electron chi connectivity index (χ4n) is 4.19. The topological polar surface area (TPSA) is 63.7 Å². The maximum Gasteiger partial charge on any atom is 0.255 e. The first kappa shape index (κ1) is 19.9. The number of benzene rings is 1. The molecule has 1 N–H and O–H groups in total. The summed E-state index contributed by atoms with van der Waals surface area (Å²) in [5.41, 5.74) is 5.09. The lowest BCUT2D eigenvalue weighted by molar-refractivity contribution is -0.181. The van der Waals surface area contributed by atoms with Gasteiger partial charge in [-0.2, -0.15) is 0 Å². The monoisotopic (exact) mass is 395 g/mol. The van der Waals surface area contributed by atoms with Gasteiger partial charge in [-0.05, 0) is 30.0 Å². The second-order valence-corrected chi connectivity index (χ2v) is 7.65. The number of anilines is 2. The molecule has 1 aromatic carbocycles. The standard InChI is InChI=1S/C23H29N3O3/c1-3-17-6-5-7-18(4-2)21(17)25-20-14-19(15-24-16-20)22(27)26-10-8-23(9-11-26)28-12-13-29-23/h5-7,14-16,25H,3-4,8-13H2,1-2H3. The first-order valence-corrected chi connectivity index (χ1v) is 10.5. The van der Waals surface area contributed by atoms with Crippen LogP contribution in [0.1, 0.15) is 48.2 Å². The summed E-state index contributed by atoms with van der Waals surface area (Å²) >= 11 is 0. The number of ether oxygens (including phenoxy) is 2. The number of hydrogen-bond donors (Lipinski definition) is 1. The van der Waals surface area contributed by atoms with E-state index in [1.54, 1.807) is 12.4 Å². The van der Waals surface area contributed by atoms with Gasteiger partial charge < -0.3 is 19.7 Å². The van der Waals surface area contributed by atoms with Gasteiger partial charge in [0.05, 0.1) is 30.7 Å². The first-order valence-electron chi connectivity index (χ1n) is 10.5. The molecule has 6 nitrogen and oxygen atoms in total. The Morgan fingerprint density at radius 3 is 2.38 bits per heavy atom. The number of aryl methyl sites for hydroxylation is 2. The molecule has 154 valence electrons. The Morgan fingerprint density at radius 2 is 1.76 bits per heavy atom. The van der Waals surface area contributed by atoms with Crippen LogP contribution in [0.2, 0.25) is 0 Å². The van der Waals surface area contributed by atoms with Gasteiger partial charge in [-0.15, -0.1) is 0 Å². The van der Waals surface area contributed by atoms with Crippen molar-refractivity contribution in [2.24, 2.45) is 0 Å². The quantitative estimate of drug-likeness (QED) is 0.831. The molecule has 1 spiro atoms. The zero-order valence-corrected chi connectivity index (χ0v) is 17.2. The summed E-state index contributed by atoms with van der Waals surface area (Å²) in [4.78, 5) is 19.2. The lowest BCUT2D eigenvalue weighted by Crippen LogP contribution is -2.47. The highest BCUT2D eigenvalue weighted by Gasteiger charge is 2.40. The third kappa shape index (κ3) is 4.14. The van der Waals surface area contributed by atoms with E-state index in [1.807, 2.05) is 11.0 Å². The van der Waals surface area contributed by atoms with Crippen LogP contribution in [-0.4, -0.2) is 47.9 Å². The summed E-state index contributed by atoms with van der Waals surface area (Å²) in [5.74, 6) is -0.466. The molecule has 1 aromatic heterocycles. The SMILES string of the molecule is CCc1cccc(CC)c1Nc1cncc(C(=O)N2CCC3(CC2)OCCO3)c1. The van der Waals surface area contributed by atoms with Gasteiger partial charge >= 0.3 is 0 Å². The Kier molecular flexibility index (Phi) is 5.83. The van der Waals surface area contributed by atoms with Crippen LogP contribution in [0, 0.1) is 0 Å². The number of rotatable bonds is 5. The van der Waals surface area contributed by atoms with Gasteiger partial charge in [0, 0.05) is 37.8 Å². The van der Waals surface area contributed by atoms with Crippen LogP contribution in [0.3, 0.4) is 0 Å². The van der Waals surface area contributed by atoms with Gasteiger partial charge in [0.15, 0.2) is 5.79 Å². The van der Waals surface area contributed by atoms with Gasteiger partial charge in [0.25, 0.3) is 5.91 Å². The number of nitrogens with zero attached hydrogens (tertiary/aromatic N) is 2. The number of carbonyl (C=O) groups excluding carboxylic acids is 1. The second-order valence-electron chi connectivity index (χ2n) is 7.65. The summed E-state index contributed by atoms with van der Waals surface area (Å²) in [6.07, 6.45) is 6.74. The lowest BCUT2D eigenvalue weighted by Gasteiger charge is -2.37. The van der Waals surface area contributed by atoms with E-state index in [2.05, 4.69) is 42.3 Å². The third-order valence-electron chi connectivity index (χ3n) is 5.88. The molecule has 1 amide bonds. The predicted octanol–water partition coefficient (Wildman–Crippen LogP) is 3.93. The Balaban J connectivity index is 1.49. The molecule has 0 atom stereocenters. The highest BCUT2D eigenvalue weighted by molar-refractivity contribution is 5.95. The van der Waals surface area contributed by atoms with Gasteiger partial charge in [-0.1, -0.05) is 32.0 Å². The maximum atomic E-state index is 13.0. The van der Waals surface area contributed by atoms with Crippen LogP contribution < -0.4 is 5.32 Å². The molecule has 0 saturated carbocycles. The molecular formula is C23H29N3O3. The third-order valence-corrected chi connectivity index (χ3v) is 5.88. The number of hydrogen-bond acceptors (Lipinski definition) is 5. The van der Waals surface area contributed by atoms with E-state index in [1.165, 1.54) is 11.1 Å². The molecule has 0 bridgehead atoms. The van der Waals surface area contributed by atoms with E-state index in [0.717, 1.165) is 24.2 Å². The molecule has 2 fully saturated rings. The highest BCUT2D eigenvalue weighted by atomic mass is 16.7. The molecule has 0 radical (unpaired) electrons. The Hall–Kier alpha value is -2.44. The lowest BCUT2D eigenvalue weighted by atomic mass is 10.0. The highest BCUT2D eigenvalue weighted by Crippen LogP contribution is 2.32. The number of piperidine rings is 1. The molecule has 4 rings (SSSR count). The molecule has 2 aliphatic rings. The number of pyridine rings is 1. The average Bonchev–Trinajstić information content (AvgIpc) is 3.22. The van der Waals surface area contributed by atoms with Crippen LogP contribution in [0.5, 0.6) is 0 Å². The van der Waals surface area contributed by atoms with Gasteiger partial charge in [-0.3, -0.25) is 9.78 Å². The van der Waals surface area contributed by atoms with E-state index in [0.29, 0.717) is 44.7 Å². The molecule has 2 saturated heterocycles. The Morgan fingerprint density at radius 1 is 1.10 bits per heavy atom. The molecule has 6 heteroatoms. The minimum Gasteiger partial charge on any atom is -0.354 e. The van der Waals surface area contributed by atoms with Crippen molar-refractivity contribution in [3.05, 3.63) is 53.3 Å². The normalized spacial score (nSPS) is 18.2. The number of aromatic nitrogens is 1. The maximum absolute atomic E-state index is 13.0. The molecule has 3 heterocycles. The van der Waals surface area contributed by atoms with Crippen LogP contribution in [0.25, 0.3) is 0 Å². The second kappa shape index (κ2) is 8.51. The number of likely N-dealkylation sites (tertiary alicyclic amines) is 1. The van der Waals surface area contributed by atoms with E-state index in [4.69, 9.17) is 9.47 Å². The summed E-state index contributed by atoms with van der Waals surface area (Å²) in [6.45, 7) is 6.86. The molecule has 2 aromatic rings. The van der Waals surface area contributed by atoms with Crippen LogP contribution >= 0.6 is 0 Å². The Bertz CT molecular complexity index is 845. The summed E-state index contributed by atoms with van der Waals surface area (Å²) in [6, 6.07) is 8.28. The van der Waals surface area contributed by atoms with Crippen molar-refractivity contribution in [2.75, 3.05) is 31.6 Å². The largest absolute Gasteiger partial charge is 0.354 e. The molecule has 0 unspecified atom stereocenters. The smallest absolute Gasteiger partial charge is 0.255 e. The van der Waals surface area contributed by atoms with Crippen molar-refractivity contribution in [3.63, 3.8) is 0 Å². The molecule has 2 aliphatic heterocycles. The fraction of sp³-hybridized carbons (Fsp3) is 0.478. The van der Waals surface area contributed by atoms with Gasteiger partial charge in [0.1, 0.15) is 0 Å². The van der Waals surface area contributed by atoms with E-state index < -0.39 is 5.79 Å². The van der Waals surface area contributed by atoms with E-state index in [9.17, 15) is 4.79 Å². The summed E-state index contributed by atoms with van der Waals surface area (Å²) in [5, 5.41) is 3.51. The number of para-hydroxylation sites is 1. The average molecular weight is 396 g/mol. The van der Waals surface area contributed by atoms with Crippen molar-refractivity contribution in [3.8, 4) is 0 Å². The van der Waals surface area contributed by atoms with Crippen molar-refractivity contribution < 1.29 is 14.3 Å². The minimum absolute atomic E-state index is 0.00786. The molecule has 0 aliphatic carbocycles. The van der Waals surface area contributed by atoms with Crippen LogP contribution in [0.15, 0.2) is 36.7 Å². The molecule has 29 heavy (non-hydrogen) atoms. The van der Waals surface area contributed by atoms with Crippen molar-refractivity contribution >= 4 is 17.3 Å². The fourth-order valence-corrected chi connectivity index (χ4v) is 4.19.